The average Bonchev–Trinajstić information content (AvgIpc) is 2.94. The van der Waals surface area contributed by atoms with Crippen LogP contribution in [0.3, 0.4) is 0 Å². The monoisotopic (exact) mass is 416 g/mol. The van der Waals surface area contributed by atoms with Gasteiger partial charge < -0.3 is 10.1 Å². The van der Waals surface area contributed by atoms with Crippen molar-refractivity contribution in [3.63, 3.8) is 0 Å². The number of hydrogen-bond acceptors (Lipinski definition) is 4. The van der Waals surface area contributed by atoms with Gasteiger partial charge in [-0.3, -0.25) is 14.5 Å². The summed E-state index contributed by atoms with van der Waals surface area (Å²) in [4.78, 5) is 38.4. The standard InChI is InChI=1S/C22H22F2N2O4/c1-13(2)12-30-22(29)25-14(10-17-18(23)8-5-9-19(17)24)11-26-20(27)15-6-3-4-7-16(15)21(26)28/h3-9,13-14H,10-12H2,1-2H3,(H,25,29)/t14-/m0/s1. The number of carbonyl (C=O) groups is 3. The van der Waals surface area contributed by atoms with E-state index in [1.54, 1.807) is 12.1 Å². The van der Waals surface area contributed by atoms with Gasteiger partial charge in [-0.1, -0.05) is 32.0 Å². The Morgan fingerprint density at radius 3 is 2.10 bits per heavy atom. The molecule has 6 nitrogen and oxygen atoms in total. The molecule has 0 spiro atoms. The minimum absolute atomic E-state index is 0.0921. The molecule has 0 unspecified atom stereocenters. The fraction of sp³-hybridized carbons (Fsp3) is 0.318. The Bertz CT molecular complexity index is 922. The van der Waals surface area contributed by atoms with Gasteiger partial charge >= 0.3 is 6.09 Å². The maximum absolute atomic E-state index is 14.2. The summed E-state index contributed by atoms with van der Waals surface area (Å²) < 4.78 is 33.4. The summed E-state index contributed by atoms with van der Waals surface area (Å²) in [5.74, 6) is -2.51. The number of fused-ring (bicyclic) bond motifs is 1. The van der Waals surface area contributed by atoms with E-state index >= 15 is 0 Å². The number of rotatable bonds is 7. The number of ether oxygens (including phenoxy) is 1. The number of benzene rings is 2. The largest absolute Gasteiger partial charge is 0.449 e. The molecule has 1 aliphatic rings. The van der Waals surface area contributed by atoms with E-state index in [1.807, 2.05) is 13.8 Å². The zero-order valence-corrected chi connectivity index (χ0v) is 16.7. The molecule has 0 aromatic heterocycles. The summed E-state index contributed by atoms with van der Waals surface area (Å²) in [7, 11) is 0. The first kappa shape index (κ1) is 21.4. The van der Waals surface area contributed by atoms with Gasteiger partial charge in [0.1, 0.15) is 11.6 Å². The second-order valence-electron chi connectivity index (χ2n) is 7.50. The smallest absolute Gasteiger partial charge is 0.407 e. The number of carbonyl (C=O) groups excluding carboxylic acids is 3. The van der Waals surface area contributed by atoms with E-state index in [9.17, 15) is 23.2 Å². The summed E-state index contributed by atoms with van der Waals surface area (Å²) in [6.07, 6.45) is -1.05. The van der Waals surface area contributed by atoms with Gasteiger partial charge in [-0.25, -0.2) is 13.6 Å². The molecule has 1 atom stereocenters. The molecule has 2 aromatic carbocycles. The van der Waals surface area contributed by atoms with E-state index in [-0.39, 0.29) is 42.2 Å². The number of amides is 3. The predicted molar refractivity (Wildman–Crippen MR) is 105 cm³/mol. The molecule has 158 valence electrons. The Hall–Kier alpha value is -3.29. The van der Waals surface area contributed by atoms with Crippen molar-refractivity contribution in [1.82, 2.24) is 10.2 Å². The number of nitrogens with one attached hydrogen (secondary N) is 1. The molecule has 0 bridgehead atoms. The highest BCUT2D eigenvalue weighted by atomic mass is 19.1. The van der Waals surface area contributed by atoms with Gasteiger partial charge in [-0.2, -0.15) is 0 Å². The Kier molecular flexibility index (Phi) is 6.44. The molecule has 8 heteroatoms. The van der Waals surface area contributed by atoms with Crippen LogP contribution in [-0.4, -0.2) is 42.0 Å². The lowest BCUT2D eigenvalue weighted by molar-refractivity contribution is 0.0631. The third kappa shape index (κ3) is 4.64. The summed E-state index contributed by atoms with van der Waals surface area (Å²) in [5.41, 5.74) is 0.254. The maximum Gasteiger partial charge on any atom is 0.407 e. The number of alkyl carbamates (subject to hydrolysis) is 1. The predicted octanol–water partition coefficient (Wildman–Crippen LogP) is 3.55. The Labute approximate surface area is 172 Å². The molecule has 0 radical (unpaired) electrons. The second-order valence-corrected chi connectivity index (χ2v) is 7.50. The van der Waals surface area contributed by atoms with Crippen LogP contribution >= 0.6 is 0 Å². The highest BCUT2D eigenvalue weighted by Gasteiger charge is 2.37. The molecule has 30 heavy (non-hydrogen) atoms. The van der Waals surface area contributed by atoms with Crippen molar-refractivity contribution < 1.29 is 27.9 Å². The lowest BCUT2D eigenvalue weighted by Gasteiger charge is -2.24. The number of halogens is 2. The Morgan fingerprint density at radius 2 is 1.57 bits per heavy atom. The van der Waals surface area contributed by atoms with Gasteiger partial charge in [0.25, 0.3) is 11.8 Å². The van der Waals surface area contributed by atoms with Crippen LogP contribution in [0.25, 0.3) is 0 Å². The summed E-state index contributed by atoms with van der Waals surface area (Å²) in [5, 5.41) is 2.53. The number of nitrogens with zero attached hydrogens (tertiary/aromatic N) is 1. The van der Waals surface area contributed by atoms with Crippen LogP contribution in [0, 0.1) is 17.6 Å². The van der Waals surface area contributed by atoms with Crippen LogP contribution in [-0.2, 0) is 11.2 Å². The van der Waals surface area contributed by atoms with Crippen LogP contribution in [0.4, 0.5) is 13.6 Å². The topological polar surface area (TPSA) is 75.7 Å². The zero-order chi connectivity index (χ0) is 21.8. The van der Waals surface area contributed by atoms with E-state index in [4.69, 9.17) is 4.74 Å². The fourth-order valence-electron chi connectivity index (χ4n) is 3.21. The highest BCUT2D eigenvalue weighted by Crippen LogP contribution is 2.23. The highest BCUT2D eigenvalue weighted by molar-refractivity contribution is 6.21. The quantitative estimate of drug-likeness (QED) is 0.701. The van der Waals surface area contributed by atoms with E-state index in [2.05, 4.69) is 5.32 Å². The molecule has 3 rings (SSSR count). The summed E-state index contributed by atoms with van der Waals surface area (Å²) in [6, 6.07) is 8.85. The average molecular weight is 416 g/mol. The lowest BCUT2D eigenvalue weighted by Crippen LogP contribution is -2.47. The molecular weight excluding hydrogens is 394 g/mol. The van der Waals surface area contributed by atoms with E-state index in [0.717, 1.165) is 17.0 Å². The van der Waals surface area contributed by atoms with E-state index in [1.165, 1.54) is 18.2 Å². The molecular formula is C22H22F2N2O4. The van der Waals surface area contributed by atoms with Crippen molar-refractivity contribution >= 4 is 17.9 Å². The molecule has 1 aliphatic heterocycles. The van der Waals surface area contributed by atoms with Gasteiger partial charge in [0.05, 0.1) is 30.3 Å². The van der Waals surface area contributed by atoms with Gasteiger partial charge in [0.2, 0.25) is 0 Å². The van der Waals surface area contributed by atoms with Crippen molar-refractivity contribution in [2.75, 3.05) is 13.2 Å². The molecule has 1 N–H and O–H groups in total. The normalized spacial score (nSPS) is 14.1. The Balaban J connectivity index is 1.82. The van der Waals surface area contributed by atoms with Gasteiger partial charge in [0.15, 0.2) is 0 Å². The lowest BCUT2D eigenvalue weighted by atomic mass is 10.0. The van der Waals surface area contributed by atoms with Crippen molar-refractivity contribution in [3.8, 4) is 0 Å². The van der Waals surface area contributed by atoms with Crippen LogP contribution in [0.15, 0.2) is 42.5 Å². The minimum Gasteiger partial charge on any atom is -0.449 e. The van der Waals surface area contributed by atoms with Gasteiger partial charge in [-0.15, -0.1) is 0 Å². The van der Waals surface area contributed by atoms with E-state index in [0.29, 0.717) is 0 Å². The molecule has 0 aliphatic carbocycles. The van der Waals surface area contributed by atoms with Crippen LogP contribution in [0.5, 0.6) is 0 Å². The minimum atomic E-state index is -0.946. The maximum atomic E-state index is 14.2. The first-order chi connectivity index (χ1) is 14.3. The van der Waals surface area contributed by atoms with Gasteiger partial charge in [-0.05, 0) is 30.2 Å². The van der Waals surface area contributed by atoms with Crippen molar-refractivity contribution in [2.45, 2.75) is 26.3 Å². The molecule has 2 aromatic rings. The zero-order valence-electron chi connectivity index (χ0n) is 16.7. The molecule has 0 fully saturated rings. The molecule has 0 saturated carbocycles. The number of imide groups is 1. The number of hydrogen-bond donors (Lipinski definition) is 1. The third-order valence-electron chi connectivity index (χ3n) is 4.66. The van der Waals surface area contributed by atoms with Crippen molar-refractivity contribution in [3.05, 3.63) is 70.8 Å². The Morgan fingerprint density at radius 1 is 1.00 bits per heavy atom. The second kappa shape index (κ2) is 9.02. The molecule has 1 heterocycles. The first-order valence-corrected chi connectivity index (χ1v) is 9.59. The van der Waals surface area contributed by atoms with E-state index < -0.39 is 35.6 Å². The molecule has 3 amide bonds. The SMILES string of the molecule is CC(C)COC(=O)N[C@@H](Cc1c(F)cccc1F)CN1C(=O)c2ccccc2C1=O. The fourth-order valence-corrected chi connectivity index (χ4v) is 3.21. The summed E-state index contributed by atoms with van der Waals surface area (Å²) in [6.45, 7) is 3.62. The van der Waals surface area contributed by atoms with Crippen molar-refractivity contribution in [1.29, 1.82) is 0 Å². The molecule has 0 saturated heterocycles. The third-order valence-corrected chi connectivity index (χ3v) is 4.66. The van der Waals surface area contributed by atoms with Gasteiger partial charge in [0, 0.05) is 12.0 Å². The van der Waals surface area contributed by atoms with Crippen LogP contribution in [0.2, 0.25) is 0 Å². The van der Waals surface area contributed by atoms with Crippen molar-refractivity contribution in [2.24, 2.45) is 5.92 Å². The van der Waals surface area contributed by atoms with Crippen LogP contribution < -0.4 is 5.32 Å². The summed E-state index contributed by atoms with van der Waals surface area (Å²) >= 11 is 0. The van der Waals surface area contributed by atoms with Crippen LogP contribution in [0.1, 0.15) is 40.1 Å². The first-order valence-electron chi connectivity index (χ1n) is 9.59.